The number of piperidine rings is 1. The summed E-state index contributed by atoms with van der Waals surface area (Å²) in [5, 5.41) is 0.750. The Morgan fingerprint density at radius 3 is 2.23 bits per heavy atom. The topological polar surface area (TPSA) is 53.2 Å². The zero-order valence-electron chi connectivity index (χ0n) is 21.8. The second kappa shape index (κ2) is 13.6. The Balaban J connectivity index is 0.000000803. The summed E-state index contributed by atoms with van der Waals surface area (Å²) < 4.78 is 13.1. The second-order valence-electron chi connectivity index (χ2n) is 8.76. The largest absolute Gasteiger partial charge is 0.372 e. The molecule has 1 fully saturated rings. The van der Waals surface area contributed by atoms with Crippen LogP contribution in [-0.2, 0) is 11.2 Å². The molecular weight excluding hydrogens is 439 g/mol. The van der Waals surface area contributed by atoms with Crippen molar-refractivity contribution in [1.29, 1.82) is 0 Å². The lowest BCUT2D eigenvalue weighted by Gasteiger charge is -2.35. The first-order valence-electron chi connectivity index (χ1n) is 12.7. The molecule has 0 unspecified atom stereocenters. The van der Waals surface area contributed by atoms with Crippen molar-refractivity contribution in [3.8, 4) is 0 Å². The van der Waals surface area contributed by atoms with Crippen LogP contribution in [0.5, 0.6) is 0 Å². The molecule has 1 aromatic heterocycles. The van der Waals surface area contributed by atoms with Crippen molar-refractivity contribution in [3.63, 3.8) is 0 Å². The van der Waals surface area contributed by atoms with Gasteiger partial charge < -0.3 is 9.88 Å². The van der Waals surface area contributed by atoms with Crippen LogP contribution in [0.3, 0.4) is 0 Å². The predicted molar refractivity (Wildman–Crippen MR) is 144 cm³/mol. The molecule has 1 N–H and O–H groups in total. The summed E-state index contributed by atoms with van der Waals surface area (Å²) in [5.41, 5.74) is 4.30. The number of aromatic nitrogens is 1. The van der Waals surface area contributed by atoms with Crippen LogP contribution in [0, 0.1) is 11.7 Å². The maximum atomic E-state index is 13.1. The van der Waals surface area contributed by atoms with E-state index in [1.54, 1.807) is 6.20 Å². The zero-order chi connectivity index (χ0) is 26.0. The summed E-state index contributed by atoms with van der Waals surface area (Å²) in [5.74, 6) is -0.571. The third-order valence-electron chi connectivity index (χ3n) is 6.01. The molecule has 0 bridgehead atoms. The van der Waals surface area contributed by atoms with Gasteiger partial charge in [-0.05, 0) is 60.6 Å². The van der Waals surface area contributed by atoms with E-state index in [1.165, 1.54) is 31.0 Å². The van der Waals surface area contributed by atoms with Crippen LogP contribution in [0.2, 0.25) is 0 Å². The summed E-state index contributed by atoms with van der Waals surface area (Å²) in [6.45, 7) is 15.7. The molecule has 1 aliphatic rings. The van der Waals surface area contributed by atoms with Crippen LogP contribution < -0.4 is 0 Å². The molecule has 1 saturated heterocycles. The molecule has 0 amide bonds. The highest BCUT2D eigenvalue weighted by atomic mass is 19.1. The van der Waals surface area contributed by atoms with E-state index >= 15 is 0 Å². The van der Waals surface area contributed by atoms with E-state index in [-0.39, 0.29) is 5.82 Å². The molecule has 5 heteroatoms. The number of hydrogen-bond acceptors (Lipinski definition) is 3. The monoisotopic (exact) mass is 478 g/mol. The Morgan fingerprint density at radius 2 is 1.66 bits per heavy atom. The lowest BCUT2D eigenvalue weighted by molar-refractivity contribution is -0.113. The van der Waals surface area contributed by atoms with Gasteiger partial charge in [0, 0.05) is 42.8 Å². The van der Waals surface area contributed by atoms with Crippen LogP contribution in [0.15, 0.2) is 55.2 Å². The number of benzene rings is 2. The van der Waals surface area contributed by atoms with Gasteiger partial charge in [-0.15, -0.1) is 0 Å². The molecule has 0 aliphatic carbocycles. The van der Waals surface area contributed by atoms with Gasteiger partial charge in [0.1, 0.15) is 5.82 Å². The Kier molecular flexibility index (Phi) is 10.9. The van der Waals surface area contributed by atoms with Gasteiger partial charge in [-0.2, -0.15) is 0 Å². The lowest BCUT2D eigenvalue weighted by atomic mass is 9.89. The quantitative estimate of drug-likeness (QED) is 0.296. The maximum absolute atomic E-state index is 13.1. The summed E-state index contributed by atoms with van der Waals surface area (Å²) in [7, 11) is 0. The molecule has 4 nitrogen and oxygen atoms in total. The van der Waals surface area contributed by atoms with Crippen LogP contribution in [-0.4, -0.2) is 34.5 Å². The molecule has 2 heterocycles. The first-order valence-corrected chi connectivity index (χ1v) is 12.7. The van der Waals surface area contributed by atoms with Gasteiger partial charge in [0.25, 0.3) is 0 Å². The Labute approximate surface area is 209 Å². The summed E-state index contributed by atoms with van der Waals surface area (Å²) in [4.78, 5) is 29.0. The average molecular weight is 479 g/mol. The SMILES string of the molecule is C=C(c1ccc2[nH]cc(C(=O)C(C)=O)c2c1)N1CCC(Cc2ccc(F)cc2)CC1.CC.CCC. The van der Waals surface area contributed by atoms with E-state index in [0.717, 1.165) is 54.5 Å². The normalized spacial score (nSPS) is 13.4. The molecule has 1 aliphatic heterocycles. The van der Waals surface area contributed by atoms with E-state index < -0.39 is 11.6 Å². The highest BCUT2D eigenvalue weighted by Crippen LogP contribution is 2.29. The fourth-order valence-electron chi connectivity index (χ4n) is 4.22. The van der Waals surface area contributed by atoms with Crippen LogP contribution in [0.4, 0.5) is 4.39 Å². The molecular formula is C30H39FN2O2. The van der Waals surface area contributed by atoms with E-state index in [0.29, 0.717) is 11.5 Å². The molecule has 3 aromatic rings. The molecule has 35 heavy (non-hydrogen) atoms. The molecule has 0 saturated carbocycles. The number of H-pyrrole nitrogens is 1. The van der Waals surface area contributed by atoms with Crippen molar-refractivity contribution in [2.75, 3.05) is 13.1 Å². The standard InChI is InChI=1S/C25H25FN2O2.C3H8.C2H6/c1-16(20-5-8-24-22(14-20)23(15-27-24)25(30)17(2)29)28-11-9-19(10-12-28)13-18-3-6-21(26)7-4-18;1-3-2;1-2/h3-8,14-15,19,27H,1,9-13H2,2H3;3H2,1-2H3;1-2H3. The Morgan fingerprint density at radius 1 is 1.06 bits per heavy atom. The number of halogens is 1. The molecule has 0 spiro atoms. The van der Waals surface area contributed by atoms with Crippen molar-refractivity contribution < 1.29 is 14.0 Å². The fraction of sp³-hybridized carbons (Fsp3) is 0.400. The Bertz CT molecular complexity index is 1120. The lowest BCUT2D eigenvalue weighted by Crippen LogP contribution is -2.32. The first kappa shape index (κ1) is 28.0. The van der Waals surface area contributed by atoms with Crippen LogP contribution >= 0.6 is 0 Å². The van der Waals surface area contributed by atoms with Gasteiger partial charge in [-0.25, -0.2) is 4.39 Å². The van der Waals surface area contributed by atoms with Gasteiger partial charge in [0.05, 0.1) is 5.56 Å². The molecule has 2 aromatic carbocycles. The van der Waals surface area contributed by atoms with E-state index in [9.17, 15) is 14.0 Å². The maximum Gasteiger partial charge on any atom is 0.230 e. The number of rotatable bonds is 6. The van der Waals surface area contributed by atoms with Gasteiger partial charge in [0.15, 0.2) is 5.78 Å². The summed E-state index contributed by atoms with van der Waals surface area (Å²) in [6, 6.07) is 12.6. The summed E-state index contributed by atoms with van der Waals surface area (Å²) in [6.07, 6.45) is 5.92. The van der Waals surface area contributed by atoms with Gasteiger partial charge >= 0.3 is 0 Å². The van der Waals surface area contributed by atoms with Crippen molar-refractivity contribution >= 4 is 28.2 Å². The highest BCUT2D eigenvalue weighted by Gasteiger charge is 2.22. The Hall–Kier alpha value is -3.21. The smallest absolute Gasteiger partial charge is 0.230 e. The molecule has 0 atom stereocenters. The minimum absolute atomic E-state index is 0.197. The van der Waals surface area contributed by atoms with E-state index in [1.807, 2.05) is 44.2 Å². The van der Waals surface area contributed by atoms with Crippen LogP contribution in [0.1, 0.15) is 75.4 Å². The zero-order valence-corrected chi connectivity index (χ0v) is 21.8. The van der Waals surface area contributed by atoms with Crippen molar-refractivity contribution in [1.82, 2.24) is 9.88 Å². The van der Waals surface area contributed by atoms with Gasteiger partial charge in [0.2, 0.25) is 5.78 Å². The van der Waals surface area contributed by atoms with Gasteiger partial charge in [-0.3, -0.25) is 9.59 Å². The molecule has 188 valence electrons. The predicted octanol–water partition coefficient (Wildman–Crippen LogP) is 7.45. The molecule has 0 radical (unpaired) electrons. The number of nitrogens with one attached hydrogen (secondary N) is 1. The average Bonchev–Trinajstić information content (AvgIpc) is 3.30. The van der Waals surface area contributed by atoms with Crippen molar-refractivity contribution in [3.05, 3.63) is 77.7 Å². The number of carbonyl (C=O) groups is 2. The van der Waals surface area contributed by atoms with E-state index in [2.05, 4.69) is 30.3 Å². The van der Waals surface area contributed by atoms with Crippen LogP contribution in [0.25, 0.3) is 16.6 Å². The minimum Gasteiger partial charge on any atom is -0.372 e. The number of nitrogens with zero attached hydrogens (tertiary/aromatic N) is 1. The minimum atomic E-state index is -0.481. The number of hydrogen-bond donors (Lipinski definition) is 1. The third kappa shape index (κ3) is 7.38. The number of ketones is 2. The number of likely N-dealkylation sites (tertiary alicyclic amines) is 1. The van der Waals surface area contributed by atoms with Crippen molar-refractivity contribution in [2.24, 2.45) is 5.92 Å². The van der Waals surface area contributed by atoms with Gasteiger partial charge in [-0.1, -0.05) is 58.9 Å². The summed E-state index contributed by atoms with van der Waals surface area (Å²) >= 11 is 0. The molecule has 4 rings (SSSR count). The number of fused-ring (bicyclic) bond motifs is 1. The van der Waals surface area contributed by atoms with Crippen molar-refractivity contribution in [2.45, 2.75) is 60.3 Å². The number of carbonyl (C=O) groups excluding carboxylic acids is 2. The first-order chi connectivity index (χ1) is 16.8. The number of aromatic amines is 1. The fourth-order valence-corrected chi connectivity index (χ4v) is 4.22. The third-order valence-corrected chi connectivity index (χ3v) is 6.01. The number of Topliss-reactive ketones (excluding diaryl/α,β-unsaturated/α-hetero) is 2. The second-order valence-corrected chi connectivity index (χ2v) is 8.76. The van der Waals surface area contributed by atoms with E-state index in [4.69, 9.17) is 0 Å². The highest BCUT2D eigenvalue weighted by molar-refractivity contribution is 6.45.